The lowest BCUT2D eigenvalue weighted by molar-refractivity contribution is -0.671. The molecule has 1 N–H and O–H groups in total. The Labute approximate surface area is 179 Å². The minimum Gasteiger partial charge on any atom is -0.463 e. The monoisotopic (exact) mass is 423 g/mol. The smallest absolute Gasteiger partial charge is 0.314 e. The zero-order valence-electron chi connectivity index (χ0n) is 16.8. The number of nitrogens with zero attached hydrogens (tertiary/aromatic N) is 1. The molecule has 2 heterocycles. The number of hydrogen-bond donors (Lipinski definition) is 1. The highest BCUT2D eigenvalue weighted by Gasteiger charge is 2.21. The number of ether oxygens (including phenoxy) is 1. The molecule has 1 aromatic carbocycles. The van der Waals surface area contributed by atoms with Crippen LogP contribution in [0.1, 0.15) is 43.3 Å². The molecule has 1 atom stereocenters. The highest BCUT2D eigenvalue weighted by Crippen LogP contribution is 2.27. The van der Waals surface area contributed by atoms with Crippen LogP contribution in [0.15, 0.2) is 67.0 Å². The van der Waals surface area contributed by atoms with E-state index in [4.69, 9.17) is 4.74 Å². The second-order valence-corrected chi connectivity index (χ2v) is 7.92. The second kappa shape index (κ2) is 9.93. The van der Waals surface area contributed by atoms with Crippen molar-refractivity contribution in [1.82, 2.24) is 5.32 Å². The molecule has 0 spiro atoms. The number of amides is 1. The summed E-state index contributed by atoms with van der Waals surface area (Å²) in [5.41, 5.74) is 1.15. The van der Waals surface area contributed by atoms with Crippen molar-refractivity contribution in [3.05, 3.63) is 87.9 Å². The SMILES string of the molecule is CC(C(=O)OCCNC(=O)c1ccc[n+](C)c1)c1ccc(C(=O)c2ccccc2)s1. The molecule has 7 heteroatoms. The van der Waals surface area contributed by atoms with Crippen LogP contribution in [-0.4, -0.2) is 30.8 Å². The highest BCUT2D eigenvalue weighted by molar-refractivity contribution is 7.14. The number of pyridine rings is 1. The number of hydrogen-bond acceptors (Lipinski definition) is 5. The Morgan fingerprint density at radius 2 is 1.77 bits per heavy atom. The quantitative estimate of drug-likeness (QED) is 0.262. The first-order valence-electron chi connectivity index (χ1n) is 9.55. The average molecular weight is 424 g/mol. The number of rotatable bonds is 8. The van der Waals surface area contributed by atoms with Gasteiger partial charge in [0.2, 0.25) is 5.78 Å². The lowest BCUT2D eigenvalue weighted by atomic mass is 10.1. The van der Waals surface area contributed by atoms with E-state index in [1.54, 1.807) is 54.1 Å². The Morgan fingerprint density at radius 3 is 2.50 bits per heavy atom. The van der Waals surface area contributed by atoms with Gasteiger partial charge in [0.25, 0.3) is 5.91 Å². The number of nitrogens with one attached hydrogen (secondary N) is 1. The maximum absolute atomic E-state index is 12.5. The maximum atomic E-state index is 12.5. The van der Waals surface area contributed by atoms with Crippen LogP contribution in [0.3, 0.4) is 0 Å². The highest BCUT2D eigenvalue weighted by atomic mass is 32.1. The third-order valence-electron chi connectivity index (χ3n) is 4.50. The van der Waals surface area contributed by atoms with Crippen LogP contribution in [0.5, 0.6) is 0 Å². The van der Waals surface area contributed by atoms with Gasteiger partial charge < -0.3 is 10.1 Å². The number of benzene rings is 1. The van der Waals surface area contributed by atoms with E-state index >= 15 is 0 Å². The first-order chi connectivity index (χ1) is 14.5. The fourth-order valence-corrected chi connectivity index (χ4v) is 3.83. The minimum atomic E-state index is -0.490. The zero-order valence-corrected chi connectivity index (χ0v) is 17.6. The molecule has 0 aliphatic heterocycles. The van der Waals surface area contributed by atoms with E-state index in [0.717, 1.165) is 4.88 Å². The molecule has 6 nitrogen and oxygen atoms in total. The lowest BCUT2D eigenvalue weighted by Gasteiger charge is -2.10. The molecule has 0 saturated carbocycles. The third kappa shape index (κ3) is 5.39. The van der Waals surface area contributed by atoms with E-state index in [1.165, 1.54) is 11.3 Å². The van der Waals surface area contributed by atoms with Gasteiger partial charge in [0.1, 0.15) is 19.2 Å². The first kappa shape index (κ1) is 21.4. The largest absolute Gasteiger partial charge is 0.463 e. The summed E-state index contributed by atoms with van der Waals surface area (Å²) in [6, 6.07) is 16.0. The van der Waals surface area contributed by atoms with Crippen LogP contribution in [0, 0.1) is 0 Å². The molecule has 0 bridgehead atoms. The number of carbonyl (C=O) groups is 3. The van der Waals surface area contributed by atoms with Gasteiger partial charge in [0.15, 0.2) is 12.4 Å². The predicted molar refractivity (Wildman–Crippen MR) is 114 cm³/mol. The Morgan fingerprint density at radius 1 is 1.03 bits per heavy atom. The van der Waals surface area contributed by atoms with E-state index in [2.05, 4.69) is 5.32 Å². The Hall–Kier alpha value is -3.32. The molecule has 3 aromatic rings. The molecule has 154 valence electrons. The van der Waals surface area contributed by atoms with Crippen molar-refractivity contribution in [2.24, 2.45) is 7.05 Å². The Bertz CT molecular complexity index is 1050. The molecule has 0 aliphatic carbocycles. The van der Waals surface area contributed by atoms with Gasteiger partial charge in [-0.05, 0) is 25.1 Å². The summed E-state index contributed by atoms with van der Waals surface area (Å²) >= 11 is 1.29. The summed E-state index contributed by atoms with van der Waals surface area (Å²) in [6.07, 6.45) is 3.55. The molecule has 0 saturated heterocycles. The van der Waals surface area contributed by atoms with Crippen LogP contribution in [0.25, 0.3) is 0 Å². The maximum Gasteiger partial charge on any atom is 0.314 e. The fraction of sp³-hybridized carbons (Fsp3) is 0.217. The molecule has 1 amide bonds. The number of aryl methyl sites for hydroxylation is 1. The molecular weight excluding hydrogens is 400 g/mol. The van der Waals surface area contributed by atoms with Crippen molar-refractivity contribution in [2.45, 2.75) is 12.8 Å². The molecule has 3 rings (SSSR count). The molecule has 30 heavy (non-hydrogen) atoms. The van der Waals surface area contributed by atoms with Gasteiger partial charge in [-0.2, -0.15) is 0 Å². The van der Waals surface area contributed by atoms with Crippen LogP contribution in [0.2, 0.25) is 0 Å². The van der Waals surface area contributed by atoms with Gasteiger partial charge in [-0.25, -0.2) is 4.57 Å². The fourth-order valence-electron chi connectivity index (χ4n) is 2.82. The lowest BCUT2D eigenvalue weighted by Crippen LogP contribution is -2.32. The topological polar surface area (TPSA) is 76.3 Å². The van der Waals surface area contributed by atoms with Crippen LogP contribution >= 0.6 is 11.3 Å². The summed E-state index contributed by atoms with van der Waals surface area (Å²) in [5, 5.41) is 2.73. The predicted octanol–water partition coefficient (Wildman–Crippen LogP) is 2.88. The van der Waals surface area contributed by atoms with Gasteiger partial charge in [-0.15, -0.1) is 11.3 Å². The summed E-state index contributed by atoms with van der Waals surface area (Å²) in [6.45, 7) is 2.04. The number of thiophene rings is 1. The molecule has 1 unspecified atom stereocenters. The van der Waals surface area contributed by atoms with Crippen molar-refractivity contribution >= 4 is 29.0 Å². The molecule has 0 aliphatic rings. The van der Waals surface area contributed by atoms with E-state index in [-0.39, 0.29) is 24.8 Å². The van der Waals surface area contributed by atoms with Gasteiger partial charge in [-0.3, -0.25) is 14.4 Å². The summed E-state index contributed by atoms with van der Waals surface area (Å²) in [4.78, 5) is 38.3. The standard InChI is InChI=1S/C23H22N2O4S/c1-16(19-10-11-20(30-19)21(26)17-7-4-3-5-8-17)23(28)29-14-12-24-22(27)18-9-6-13-25(2)15-18/h3-11,13,15-16H,12,14H2,1-2H3/p+1. The van der Waals surface area contributed by atoms with Crippen molar-refractivity contribution in [3.8, 4) is 0 Å². The van der Waals surface area contributed by atoms with Crippen LogP contribution in [0.4, 0.5) is 0 Å². The third-order valence-corrected chi connectivity index (χ3v) is 5.77. The van der Waals surface area contributed by atoms with Gasteiger partial charge >= 0.3 is 5.97 Å². The van der Waals surface area contributed by atoms with E-state index in [0.29, 0.717) is 16.0 Å². The van der Waals surface area contributed by atoms with Crippen molar-refractivity contribution in [3.63, 3.8) is 0 Å². The van der Waals surface area contributed by atoms with Gasteiger partial charge in [-0.1, -0.05) is 30.3 Å². The van der Waals surface area contributed by atoms with Crippen molar-refractivity contribution in [1.29, 1.82) is 0 Å². The number of aromatic nitrogens is 1. The average Bonchev–Trinajstić information content (AvgIpc) is 3.26. The minimum absolute atomic E-state index is 0.0653. The number of carbonyl (C=O) groups excluding carboxylic acids is 3. The van der Waals surface area contributed by atoms with Gasteiger partial charge in [0.05, 0.1) is 17.3 Å². The number of esters is 1. The Balaban J connectivity index is 1.48. The summed E-state index contributed by atoms with van der Waals surface area (Å²) < 4.78 is 7.07. The number of ketones is 1. The van der Waals surface area contributed by atoms with E-state index in [1.807, 2.05) is 31.4 Å². The molecule has 0 radical (unpaired) electrons. The van der Waals surface area contributed by atoms with Crippen molar-refractivity contribution < 1.29 is 23.7 Å². The summed E-state index contributed by atoms with van der Waals surface area (Å²) in [7, 11) is 1.84. The molecular formula is C23H23N2O4S+. The van der Waals surface area contributed by atoms with E-state index < -0.39 is 11.9 Å². The summed E-state index contributed by atoms with van der Waals surface area (Å²) in [5.74, 6) is -1.17. The van der Waals surface area contributed by atoms with Crippen LogP contribution < -0.4 is 9.88 Å². The molecule has 0 fully saturated rings. The Kier molecular flexibility index (Phi) is 7.08. The van der Waals surface area contributed by atoms with E-state index in [9.17, 15) is 14.4 Å². The second-order valence-electron chi connectivity index (χ2n) is 6.80. The van der Waals surface area contributed by atoms with Crippen molar-refractivity contribution in [2.75, 3.05) is 13.2 Å². The van der Waals surface area contributed by atoms with Crippen LogP contribution in [-0.2, 0) is 16.6 Å². The van der Waals surface area contributed by atoms with Gasteiger partial charge in [0, 0.05) is 16.5 Å². The first-order valence-corrected chi connectivity index (χ1v) is 10.4. The molecule has 2 aromatic heterocycles. The normalized spacial score (nSPS) is 11.5. The zero-order chi connectivity index (χ0) is 21.5.